The van der Waals surface area contributed by atoms with Crippen LogP contribution in [0.25, 0.3) is 0 Å². The van der Waals surface area contributed by atoms with Crippen LogP contribution in [0.4, 0.5) is 13.2 Å². The lowest BCUT2D eigenvalue weighted by Crippen LogP contribution is -2.36. The SMILES string of the molecule is Cn1ccnc1CN(CCO)CC(F)(F)F. The third kappa shape index (κ3) is 4.19. The molecule has 1 aromatic heterocycles. The summed E-state index contributed by atoms with van der Waals surface area (Å²) in [6.07, 6.45) is -1.07. The number of nitrogens with zero attached hydrogens (tertiary/aromatic N) is 3. The summed E-state index contributed by atoms with van der Waals surface area (Å²) in [7, 11) is 1.72. The molecule has 0 radical (unpaired) electrons. The Morgan fingerprint density at radius 1 is 1.50 bits per heavy atom. The van der Waals surface area contributed by atoms with E-state index in [1.165, 1.54) is 6.20 Å². The van der Waals surface area contributed by atoms with Crippen molar-refractivity contribution >= 4 is 0 Å². The zero-order valence-electron chi connectivity index (χ0n) is 8.91. The van der Waals surface area contributed by atoms with Crippen molar-refractivity contribution in [1.29, 1.82) is 0 Å². The van der Waals surface area contributed by atoms with Crippen molar-refractivity contribution in [2.45, 2.75) is 12.7 Å². The quantitative estimate of drug-likeness (QED) is 0.822. The fraction of sp³-hybridized carbons (Fsp3) is 0.667. The van der Waals surface area contributed by atoms with Gasteiger partial charge in [0.05, 0.1) is 19.7 Å². The van der Waals surface area contributed by atoms with Gasteiger partial charge in [-0.1, -0.05) is 0 Å². The normalized spacial score (nSPS) is 12.4. The molecule has 0 saturated heterocycles. The van der Waals surface area contributed by atoms with Crippen LogP contribution in [-0.4, -0.2) is 45.4 Å². The molecule has 0 saturated carbocycles. The van der Waals surface area contributed by atoms with E-state index < -0.39 is 12.7 Å². The molecule has 0 aliphatic rings. The number of hydrogen-bond donors (Lipinski definition) is 1. The highest BCUT2D eigenvalue weighted by atomic mass is 19.4. The summed E-state index contributed by atoms with van der Waals surface area (Å²) in [6, 6.07) is 0. The second-order valence-corrected chi connectivity index (χ2v) is 3.50. The van der Waals surface area contributed by atoms with Gasteiger partial charge in [-0.15, -0.1) is 0 Å². The molecular weight excluding hydrogens is 223 g/mol. The summed E-state index contributed by atoms with van der Waals surface area (Å²) >= 11 is 0. The van der Waals surface area contributed by atoms with E-state index in [2.05, 4.69) is 4.98 Å². The standard InChI is InChI=1S/C9H14F3N3O/c1-14-3-2-13-8(14)6-15(4-5-16)7-9(10,11)12/h2-3,16H,4-7H2,1H3. The lowest BCUT2D eigenvalue weighted by molar-refractivity contribution is -0.148. The second-order valence-electron chi connectivity index (χ2n) is 3.50. The average Bonchev–Trinajstić information content (AvgIpc) is 2.49. The first-order valence-corrected chi connectivity index (χ1v) is 4.78. The van der Waals surface area contributed by atoms with Gasteiger partial charge in [0, 0.05) is 26.0 Å². The maximum atomic E-state index is 12.2. The Kier molecular flexibility index (Phi) is 4.31. The molecular formula is C9H14F3N3O. The average molecular weight is 237 g/mol. The van der Waals surface area contributed by atoms with Crippen LogP contribution in [0.5, 0.6) is 0 Å². The van der Waals surface area contributed by atoms with Gasteiger partial charge in [0.15, 0.2) is 0 Å². The molecule has 16 heavy (non-hydrogen) atoms. The molecule has 7 heteroatoms. The molecule has 4 nitrogen and oxygen atoms in total. The van der Waals surface area contributed by atoms with Gasteiger partial charge in [0.25, 0.3) is 0 Å². The first-order valence-electron chi connectivity index (χ1n) is 4.78. The predicted molar refractivity (Wildman–Crippen MR) is 51.6 cm³/mol. The van der Waals surface area contributed by atoms with Crippen LogP contribution >= 0.6 is 0 Å². The molecule has 0 amide bonds. The third-order valence-corrected chi connectivity index (χ3v) is 2.11. The number of aromatic nitrogens is 2. The van der Waals surface area contributed by atoms with Crippen LogP contribution < -0.4 is 0 Å². The molecule has 1 N–H and O–H groups in total. The summed E-state index contributed by atoms with van der Waals surface area (Å²) in [4.78, 5) is 5.05. The Labute approximate surface area is 91.3 Å². The number of halogens is 3. The van der Waals surface area contributed by atoms with Crippen LogP contribution in [0.15, 0.2) is 12.4 Å². The number of aryl methyl sites for hydroxylation is 1. The Hall–Kier alpha value is -1.08. The van der Waals surface area contributed by atoms with E-state index in [-0.39, 0.29) is 19.7 Å². The van der Waals surface area contributed by atoms with Crippen molar-refractivity contribution < 1.29 is 18.3 Å². The monoisotopic (exact) mass is 237 g/mol. The van der Waals surface area contributed by atoms with E-state index in [0.717, 1.165) is 4.90 Å². The largest absolute Gasteiger partial charge is 0.401 e. The first kappa shape index (κ1) is 13.0. The number of aliphatic hydroxyl groups excluding tert-OH is 1. The molecule has 0 bridgehead atoms. The Bertz CT molecular complexity index is 324. The minimum absolute atomic E-state index is 0.0215. The molecule has 0 fully saturated rings. The van der Waals surface area contributed by atoms with E-state index in [1.54, 1.807) is 17.8 Å². The van der Waals surface area contributed by atoms with Crippen LogP contribution in [0.3, 0.4) is 0 Å². The molecule has 92 valence electrons. The lowest BCUT2D eigenvalue weighted by atomic mass is 10.4. The molecule has 1 aromatic rings. The fourth-order valence-corrected chi connectivity index (χ4v) is 1.36. The van der Waals surface area contributed by atoms with Gasteiger partial charge in [0.2, 0.25) is 0 Å². The molecule has 0 atom stereocenters. The lowest BCUT2D eigenvalue weighted by Gasteiger charge is -2.22. The summed E-state index contributed by atoms with van der Waals surface area (Å²) in [6.45, 7) is -1.29. The van der Waals surface area contributed by atoms with Crippen molar-refractivity contribution in [1.82, 2.24) is 14.5 Å². The topological polar surface area (TPSA) is 41.3 Å². The maximum absolute atomic E-state index is 12.2. The van der Waals surface area contributed by atoms with Gasteiger partial charge in [0.1, 0.15) is 5.82 Å². The Morgan fingerprint density at radius 2 is 2.19 bits per heavy atom. The van der Waals surface area contributed by atoms with Gasteiger partial charge >= 0.3 is 6.18 Å². The smallest absolute Gasteiger partial charge is 0.395 e. The van der Waals surface area contributed by atoms with Crippen LogP contribution in [-0.2, 0) is 13.6 Å². The number of imidazole rings is 1. The van der Waals surface area contributed by atoms with Crippen molar-refractivity contribution in [2.24, 2.45) is 7.05 Å². The van der Waals surface area contributed by atoms with Crippen molar-refractivity contribution in [2.75, 3.05) is 19.7 Å². The number of aliphatic hydroxyl groups is 1. The number of hydrogen-bond acceptors (Lipinski definition) is 3. The summed E-state index contributed by atoms with van der Waals surface area (Å²) in [5.41, 5.74) is 0. The molecule has 1 heterocycles. The van der Waals surface area contributed by atoms with Crippen LogP contribution in [0.1, 0.15) is 5.82 Å². The highest BCUT2D eigenvalue weighted by molar-refractivity contribution is 4.91. The van der Waals surface area contributed by atoms with E-state index in [1.807, 2.05) is 0 Å². The fourth-order valence-electron chi connectivity index (χ4n) is 1.36. The van der Waals surface area contributed by atoms with Crippen molar-refractivity contribution in [3.63, 3.8) is 0 Å². The number of rotatable bonds is 5. The zero-order chi connectivity index (χ0) is 12.2. The van der Waals surface area contributed by atoms with E-state index in [9.17, 15) is 13.2 Å². The highest BCUT2D eigenvalue weighted by Gasteiger charge is 2.30. The summed E-state index contributed by atoms with van der Waals surface area (Å²) in [5.74, 6) is 0.540. The summed E-state index contributed by atoms with van der Waals surface area (Å²) < 4.78 is 38.3. The van der Waals surface area contributed by atoms with Crippen LogP contribution in [0.2, 0.25) is 0 Å². The molecule has 0 spiro atoms. The highest BCUT2D eigenvalue weighted by Crippen LogP contribution is 2.17. The zero-order valence-corrected chi connectivity index (χ0v) is 8.91. The molecule has 0 aliphatic carbocycles. The minimum atomic E-state index is -4.26. The van der Waals surface area contributed by atoms with Gasteiger partial charge in [-0.3, -0.25) is 4.90 Å². The Balaban J connectivity index is 2.61. The summed E-state index contributed by atoms with van der Waals surface area (Å²) in [5, 5.41) is 8.70. The minimum Gasteiger partial charge on any atom is -0.395 e. The van der Waals surface area contributed by atoms with Gasteiger partial charge in [-0.05, 0) is 0 Å². The predicted octanol–water partition coefficient (Wildman–Crippen LogP) is 0.777. The first-order chi connectivity index (χ1) is 7.42. The molecule has 0 aliphatic heterocycles. The molecule has 0 unspecified atom stereocenters. The van der Waals surface area contributed by atoms with E-state index in [4.69, 9.17) is 5.11 Å². The van der Waals surface area contributed by atoms with Crippen molar-refractivity contribution in [3.8, 4) is 0 Å². The van der Waals surface area contributed by atoms with Gasteiger partial charge in [-0.2, -0.15) is 13.2 Å². The van der Waals surface area contributed by atoms with Gasteiger partial charge in [-0.25, -0.2) is 4.98 Å². The molecule has 1 rings (SSSR count). The third-order valence-electron chi connectivity index (χ3n) is 2.11. The van der Waals surface area contributed by atoms with E-state index >= 15 is 0 Å². The number of alkyl halides is 3. The van der Waals surface area contributed by atoms with Crippen molar-refractivity contribution in [3.05, 3.63) is 18.2 Å². The van der Waals surface area contributed by atoms with E-state index in [0.29, 0.717) is 5.82 Å². The van der Waals surface area contributed by atoms with Crippen LogP contribution in [0, 0.1) is 0 Å². The second kappa shape index (κ2) is 5.31. The maximum Gasteiger partial charge on any atom is 0.401 e. The molecule has 0 aromatic carbocycles. The van der Waals surface area contributed by atoms with Gasteiger partial charge < -0.3 is 9.67 Å². The Morgan fingerprint density at radius 3 is 2.62 bits per heavy atom.